The second-order valence-corrected chi connectivity index (χ2v) is 5.53. The Balaban J connectivity index is 2.11. The summed E-state index contributed by atoms with van der Waals surface area (Å²) in [5.74, 6) is 0. The van der Waals surface area contributed by atoms with Crippen LogP contribution < -0.4 is 5.32 Å². The monoisotopic (exact) mass is 355 g/mol. The van der Waals surface area contributed by atoms with Crippen molar-refractivity contribution in [3.8, 4) is 0 Å². The van der Waals surface area contributed by atoms with Crippen LogP contribution in [0.2, 0.25) is 0 Å². The molecule has 4 heteroatoms. The van der Waals surface area contributed by atoms with Gasteiger partial charge in [-0.1, -0.05) is 13.0 Å². The Morgan fingerprint density at radius 1 is 1.39 bits per heavy atom. The molecule has 0 spiro atoms. The Morgan fingerprint density at radius 3 is 2.83 bits per heavy atom. The third-order valence-electron chi connectivity index (χ3n) is 3.12. The van der Waals surface area contributed by atoms with Gasteiger partial charge < -0.3 is 5.32 Å². The number of hydrogen-bond donors (Lipinski definition) is 1. The maximum absolute atomic E-state index is 4.46. The summed E-state index contributed by atoms with van der Waals surface area (Å²) in [5, 5.41) is 7.94. The highest BCUT2D eigenvalue weighted by atomic mass is 127. The maximum Gasteiger partial charge on any atom is 0.0625 e. The Kier molecular flexibility index (Phi) is 4.27. The molecule has 1 N–H and O–H groups in total. The minimum Gasteiger partial charge on any atom is -0.379 e. The van der Waals surface area contributed by atoms with Crippen molar-refractivity contribution in [1.82, 2.24) is 9.78 Å². The van der Waals surface area contributed by atoms with Gasteiger partial charge in [0.2, 0.25) is 0 Å². The van der Waals surface area contributed by atoms with Gasteiger partial charge in [0, 0.05) is 16.3 Å². The molecular formula is C14H18IN3. The molecule has 1 heterocycles. The highest BCUT2D eigenvalue weighted by molar-refractivity contribution is 14.1. The summed E-state index contributed by atoms with van der Waals surface area (Å²) in [5.41, 5.74) is 4.86. The minimum atomic E-state index is 0.810. The number of nitrogens with one attached hydrogen (secondary N) is 1. The number of anilines is 1. The van der Waals surface area contributed by atoms with Crippen LogP contribution in [0.5, 0.6) is 0 Å². The molecule has 1 aromatic carbocycles. The van der Waals surface area contributed by atoms with Gasteiger partial charge in [0.05, 0.1) is 17.9 Å². The Labute approximate surface area is 122 Å². The molecule has 0 aliphatic rings. The molecule has 0 saturated carbocycles. The fraction of sp³-hybridized carbons (Fsp3) is 0.357. The summed E-state index contributed by atoms with van der Waals surface area (Å²) in [6, 6.07) is 8.49. The lowest BCUT2D eigenvalue weighted by molar-refractivity contribution is 0.707. The van der Waals surface area contributed by atoms with Crippen LogP contribution in [0.1, 0.15) is 23.9 Å². The van der Waals surface area contributed by atoms with Gasteiger partial charge >= 0.3 is 0 Å². The fourth-order valence-corrected chi connectivity index (χ4v) is 2.39. The summed E-state index contributed by atoms with van der Waals surface area (Å²) in [6.07, 6.45) is 0.982. The zero-order valence-corrected chi connectivity index (χ0v) is 13.2. The van der Waals surface area contributed by atoms with E-state index in [1.54, 1.807) is 0 Å². The van der Waals surface area contributed by atoms with E-state index in [-0.39, 0.29) is 0 Å². The molecule has 0 fully saturated rings. The molecule has 18 heavy (non-hydrogen) atoms. The largest absolute Gasteiger partial charge is 0.379 e. The molecule has 0 aliphatic carbocycles. The zero-order chi connectivity index (χ0) is 13.1. The number of halogens is 1. The molecule has 2 aromatic rings. The van der Waals surface area contributed by atoms with Gasteiger partial charge in [-0.3, -0.25) is 4.68 Å². The summed E-state index contributed by atoms with van der Waals surface area (Å²) in [4.78, 5) is 0. The first kappa shape index (κ1) is 13.4. The quantitative estimate of drug-likeness (QED) is 0.851. The number of benzene rings is 1. The Bertz CT molecular complexity index is 546. The van der Waals surface area contributed by atoms with Crippen molar-refractivity contribution in [3.63, 3.8) is 0 Å². The smallest absolute Gasteiger partial charge is 0.0625 e. The van der Waals surface area contributed by atoms with Crippen LogP contribution in [0.15, 0.2) is 24.3 Å². The van der Waals surface area contributed by atoms with Crippen molar-refractivity contribution in [2.45, 2.75) is 26.8 Å². The molecule has 0 unspecified atom stereocenters. The lowest BCUT2D eigenvalue weighted by Gasteiger charge is -2.10. The van der Waals surface area contributed by atoms with Crippen molar-refractivity contribution in [2.24, 2.45) is 7.05 Å². The molecule has 0 amide bonds. The standard InChI is InChI=1S/C14H18IN3/c1-4-11-8-12(18(3)17-11)9-16-14-7-5-6-13(15)10(14)2/h5-8,16H,4,9H2,1-3H3. The molecular weight excluding hydrogens is 337 g/mol. The molecule has 0 saturated heterocycles. The fourth-order valence-electron chi connectivity index (χ4n) is 1.89. The van der Waals surface area contributed by atoms with Crippen molar-refractivity contribution in [3.05, 3.63) is 44.8 Å². The predicted octanol–water partition coefficient (Wildman–Crippen LogP) is 3.51. The van der Waals surface area contributed by atoms with E-state index in [4.69, 9.17) is 0 Å². The average Bonchev–Trinajstić information content (AvgIpc) is 2.72. The molecule has 0 radical (unpaired) electrons. The van der Waals surface area contributed by atoms with Gasteiger partial charge in [0.15, 0.2) is 0 Å². The van der Waals surface area contributed by atoms with Crippen molar-refractivity contribution in [2.75, 3.05) is 5.32 Å². The summed E-state index contributed by atoms with van der Waals surface area (Å²) >= 11 is 2.36. The lowest BCUT2D eigenvalue weighted by atomic mass is 10.2. The van der Waals surface area contributed by atoms with E-state index < -0.39 is 0 Å². The molecule has 2 rings (SSSR count). The Morgan fingerprint density at radius 2 is 2.17 bits per heavy atom. The number of rotatable bonds is 4. The molecule has 0 bridgehead atoms. The zero-order valence-electron chi connectivity index (χ0n) is 11.0. The summed E-state index contributed by atoms with van der Waals surface area (Å²) < 4.78 is 3.24. The molecule has 96 valence electrons. The first-order valence-corrected chi connectivity index (χ1v) is 7.20. The number of aromatic nitrogens is 2. The topological polar surface area (TPSA) is 29.9 Å². The van der Waals surface area contributed by atoms with Gasteiger partial charge in [-0.05, 0) is 59.7 Å². The molecule has 3 nitrogen and oxygen atoms in total. The molecule has 1 aromatic heterocycles. The predicted molar refractivity (Wildman–Crippen MR) is 83.8 cm³/mol. The lowest BCUT2D eigenvalue weighted by Crippen LogP contribution is -2.06. The molecule has 0 atom stereocenters. The van der Waals surface area contributed by atoms with Crippen LogP contribution in [0.4, 0.5) is 5.69 Å². The van der Waals surface area contributed by atoms with Crippen molar-refractivity contribution in [1.29, 1.82) is 0 Å². The van der Waals surface area contributed by atoms with Crippen molar-refractivity contribution >= 4 is 28.3 Å². The average molecular weight is 355 g/mol. The van der Waals surface area contributed by atoms with E-state index in [9.17, 15) is 0 Å². The van der Waals surface area contributed by atoms with Gasteiger partial charge in [0.1, 0.15) is 0 Å². The highest BCUT2D eigenvalue weighted by Gasteiger charge is 2.05. The first-order valence-electron chi connectivity index (χ1n) is 6.12. The molecule has 0 aliphatic heterocycles. The van der Waals surface area contributed by atoms with Gasteiger partial charge in [-0.2, -0.15) is 5.10 Å². The van der Waals surface area contributed by atoms with Crippen LogP contribution in [-0.4, -0.2) is 9.78 Å². The van der Waals surface area contributed by atoms with Gasteiger partial charge in [-0.15, -0.1) is 0 Å². The maximum atomic E-state index is 4.46. The first-order chi connectivity index (χ1) is 8.61. The van der Waals surface area contributed by atoms with E-state index >= 15 is 0 Å². The van der Waals surface area contributed by atoms with E-state index in [0.29, 0.717) is 0 Å². The number of aryl methyl sites for hydroxylation is 2. The van der Waals surface area contributed by atoms with E-state index in [1.807, 2.05) is 11.7 Å². The highest BCUT2D eigenvalue weighted by Crippen LogP contribution is 2.21. The third-order valence-corrected chi connectivity index (χ3v) is 4.29. The van der Waals surface area contributed by atoms with Crippen LogP contribution in [0, 0.1) is 10.5 Å². The summed E-state index contributed by atoms with van der Waals surface area (Å²) in [7, 11) is 2.00. The van der Waals surface area contributed by atoms with Crippen LogP contribution >= 0.6 is 22.6 Å². The summed E-state index contributed by atoms with van der Waals surface area (Å²) in [6.45, 7) is 5.08. The van der Waals surface area contributed by atoms with Crippen LogP contribution in [-0.2, 0) is 20.0 Å². The van der Waals surface area contributed by atoms with E-state index in [0.717, 1.165) is 18.7 Å². The second-order valence-electron chi connectivity index (χ2n) is 4.37. The number of nitrogens with zero attached hydrogens (tertiary/aromatic N) is 2. The van der Waals surface area contributed by atoms with Crippen molar-refractivity contribution < 1.29 is 0 Å². The van der Waals surface area contributed by atoms with E-state index in [2.05, 4.69) is 71.1 Å². The second kappa shape index (κ2) is 5.73. The van der Waals surface area contributed by atoms with Gasteiger partial charge in [-0.25, -0.2) is 0 Å². The minimum absolute atomic E-state index is 0.810. The normalized spacial score (nSPS) is 10.7. The van der Waals surface area contributed by atoms with Crippen LogP contribution in [0.25, 0.3) is 0 Å². The Hall–Kier alpha value is -1.04. The van der Waals surface area contributed by atoms with E-state index in [1.165, 1.54) is 20.5 Å². The number of hydrogen-bond acceptors (Lipinski definition) is 2. The van der Waals surface area contributed by atoms with Gasteiger partial charge in [0.25, 0.3) is 0 Å². The SMILES string of the molecule is CCc1cc(CNc2cccc(I)c2C)n(C)n1. The van der Waals surface area contributed by atoms with Crippen LogP contribution in [0.3, 0.4) is 0 Å². The third kappa shape index (κ3) is 2.85.